The van der Waals surface area contributed by atoms with Crippen LogP contribution in [0.15, 0.2) is 35.1 Å². The Morgan fingerprint density at radius 2 is 1.94 bits per heavy atom. The van der Waals surface area contributed by atoms with Crippen LogP contribution in [-0.4, -0.2) is 29.9 Å². The monoisotopic (exact) mass is 255 g/mol. The lowest BCUT2D eigenvalue weighted by Gasteiger charge is -2.01. The van der Waals surface area contributed by atoms with Crippen LogP contribution in [0.2, 0.25) is 0 Å². The van der Waals surface area contributed by atoms with Crippen LogP contribution in [0.25, 0.3) is 11.2 Å². The summed E-state index contributed by atoms with van der Waals surface area (Å²) in [5.41, 5.74) is 1.57. The first kappa shape index (κ1) is 10.6. The lowest BCUT2D eigenvalue weighted by atomic mass is 10.5. The van der Waals surface area contributed by atoms with Crippen LogP contribution >= 0.6 is 11.8 Å². The molecule has 0 saturated heterocycles. The fourth-order valence-electron chi connectivity index (χ4n) is 1.39. The Hall–Kier alpha value is -2.53. The van der Waals surface area contributed by atoms with Gasteiger partial charge in [-0.2, -0.15) is 5.26 Å². The van der Waals surface area contributed by atoms with Crippen LogP contribution in [0, 0.1) is 11.3 Å². The second-order valence-corrected chi connectivity index (χ2v) is 4.18. The van der Waals surface area contributed by atoms with Gasteiger partial charge in [-0.05, 0) is 11.8 Å². The van der Waals surface area contributed by atoms with E-state index in [4.69, 9.17) is 5.26 Å². The molecule has 0 bridgehead atoms. The van der Waals surface area contributed by atoms with Gasteiger partial charge in [-0.25, -0.2) is 24.9 Å². The average molecular weight is 255 g/mol. The molecule has 0 atom stereocenters. The van der Waals surface area contributed by atoms with Crippen molar-refractivity contribution in [3.05, 3.63) is 30.7 Å². The minimum Gasteiger partial charge on any atom is -0.341 e. The maximum atomic E-state index is 8.95. The lowest BCUT2D eigenvalue weighted by molar-refractivity contribution is 1.01. The highest BCUT2D eigenvalue weighted by atomic mass is 32.2. The van der Waals surface area contributed by atoms with Crippen LogP contribution < -0.4 is 0 Å². The molecule has 1 N–H and O–H groups in total. The molecule has 0 aromatic carbocycles. The van der Waals surface area contributed by atoms with Crippen molar-refractivity contribution in [2.24, 2.45) is 0 Å². The van der Waals surface area contributed by atoms with Gasteiger partial charge in [0.05, 0.1) is 6.33 Å². The third kappa shape index (κ3) is 1.76. The summed E-state index contributed by atoms with van der Waals surface area (Å²) in [6.45, 7) is 0. The van der Waals surface area contributed by atoms with Crippen molar-refractivity contribution in [1.82, 2.24) is 29.9 Å². The number of aromatic amines is 1. The summed E-state index contributed by atoms with van der Waals surface area (Å²) in [6, 6.07) is 1.99. The number of nitrogens with zero attached hydrogens (tertiary/aromatic N) is 6. The smallest absolute Gasteiger partial charge is 0.181 e. The summed E-state index contributed by atoms with van der Waals surface area (Å²) in [4.78, 5) is 23.2. The third-order valence-corrected chi connectivity index (χ3v) is 3.15. The average Bonchev–Trinajstić information content (AvgIpc) is 2.89. The molecule has 0 saturated carbocycles. The SMILES string of the molecule is N#Cc1nccnc1Sc1ncnc2nc[nH]c12. The van der Waals surface area contributed by atoms with Crippen molar-refractivity contribution < 1.29 is 0 Å². The maximum Gasteiger partial charge on any atom is 0.181 e. The van der Waals surface area contributed by atoms with E-state index in [0.29, 0.717) is 15.7 Å². The molecule has 3 heterocycles. The molecular formula is C10H5N7S. The van der Waals surface area contributed by atoms with Crippen molar-refractivity contribution in [2.75, 3.05) is 0 Å². The Bertz CT molecular complexity index is 745. The van der Waals surface area contributed by atoms with Gasteiger partial charge in [0.1, 0.15) is 28.0 Å². The number of hydrogen-bond acceptors (Lipinski definition) is 7. The molecule has 0 radical (unpaired) electrons. The number of aromatic nitrogens is 6. The molecule has 0 spiro atoms. The van der Waals surface area contributed by atoms with Gasteiger partial charge in [0.2, 0.25) is 0 Å². The molecule has 3 rings (SSSR count). The Kier molecular flexibility index (Phi) is 2.59. The Morgan fingerprint density at radius 1 is 1.06 bits per heavy atom. The summed E-state index contributed by atoms with van der Waals surface area (Å²) in [5.74, 6) is 0. The zero-order valence-corrected chi connectivity index (χ0v) is 9.72. The molecule has 7 nitrogen and oxygen atoms in total. The van der Waals surface area contributed by atoms with Gasteiger partial charge in [-0.15, -0.1) is 0 Å². The van der Waals surface area contributed by atoms with Gasteiger partial charge in [0.15, 0.2) is 11.3 Å². The minimum absolute atomic E-state index is 0.272. The molecule has 3 aromatic heterocycles. The van der Waals surface area contributed by atoms with E-state index in [1.165, 1.54) is 30.5 Å². The van der Waals surface area contributed by atoms with E-state index in [1.54, 1.807) is 6.33 Å². The van der Waals surface area contributed by atoms with Crippen LogP contribution in [-0.2, 0) is 0 Å². The quantitative estimate of drug-likeness (QED) is 0.685. The topological polar surface area (TPSA) is 104 Å². The third-order valence-electron chi connectivity index (χ3n) is 2.15. The Labute approximate surface area is 105 Å². The Morgan fingerprint density at radius 3 is 2.83 bits per heavy atom. The highest BCUT2D eigenvalue weighted by Crippen LogP contribution is 2.29. The number of nitrogens with one attached hydrogen (secondary N) is 1. The first-order valence-electron chi connectivity index (χ1n) is 4.91. The summed E-state index contributed by atoms with van der Waals surface area (Å²) < 4.78 is 0. The number of hydrogen-bond donors (Lipinski definition) is 1. The van der Waals surface area contributed by atoms with E-state index in [1.807, 2.05) is 6.07 Å². The number of nitriles is 1. The molecule has 86 valence electrons. The summed E-state index contributed by atoms with van der Waals surface area (Å²) in [7, 11) is 0. The largest absolute Gasteiger partial charge is 0.341 e. The molecule has 0 unspecified atom stereocenters. The summed E-state index contributed by atoms with van der Waals surface area (Å²) >= 11 is 1.25. The fourth-order valence-corrected chi connectivity index (χ4v) is 2.23. The van der Waals surface area contributed by atoms with Crippen LogP contribution in [0.1, 0.15) is 5.69 Å². The van der Waals surface area contributed by atoms with Crippen LogP contribution in [0.3, 0.4) is 0 Å². The van der Waals surface area contributed by atoms with E-state index >= 15 is 0 Å². The second-order valence-electron chi connectivity index (χ2n) is 3.20. The van der Waals surface area contributed by atoms with E-state index in [2.05, 4.69) is 29.9 Å². The normalized spacial score (nSPS) is 10.4. The molecule has 0 amide bonds. The van der Waals surface area contributed by atoms with Crippen LogP contribution in [0.5, 0.6) is 0 Å². The molecule has 0 aliphatic carbocycles. The molecule has 0 fully saturated rings. The second kappa shape index (κ2) is 4.38. The number of H-pyrrole nitrogens is 1. The van der Waals surface area contributed by atoms with Gasteiger partial charge in [0, 0.05) is 12.4 Å². The van der Waals surface area contributed by atoms with Gasteiger partial charge in [0.25, 0.3) is 0 Å². The highest BCUT2D eigenvalue weighted by Gasteiger charge is 2.11. The van der Waals surface area contributed by atoms with E-state index in [9.17, 15) is 0 Å². The lowest BCUT2D eigenvalue weighted by Crippen LogP contribution is -1.92. The molecule has 0 aliphatic heterocycles. The standard InChI is InChI=1S/C10H5N7S/c11-3-6-9(13-2-1-12-6)18-10-7-8(15-4-14-7)16-5-17-10/h1-2,4-5H,(H,14,15,16,17). The van der Waals surface area contributed by atoms with E-state index in [-0.39, 0.29) is 5.69 Å². The predicted octanol–water partition coefficient (Wildman–Crippen LogP) is 1.17. The Balaban J connectivity index is 2.07. The summed E-state index contributed by atoms with van der Waals surface area (Å²) in [5, 5.41) is 10.1. The van der Waals surface area contributed by atoms with Crippen molar-refractivity contribution in [3.8, 4) is 6.07 Å². The number of fused-ring (bicyclic) bond motifs is 1. The fraction of sp³-hybridized carbons (Fsp3) is 0. The molecular weight excluding hydrogens is 250 g/mol. The molecule has 8 heteroatoms. The van der Waals surface area contributed by atoms with Gasteiger partial charge in [-0.3, -0.25) is 0 Å². The zero-order valence-electron chi connectivity index (χ0n) is 8.90. The van der Waals surface area contributed by atoms with Gasteiger partial charge in [-0.1, -0.05) is 0 Å². The molecule has 0 aliphatic rings. The van der Waals surface area contributed by atoms with E-state index in [0.717, 1.165) is 5.52 Å². The zero-order chi connectivity index (χ0) is 12.4. The number of imidazole rings is 1. The van der Waals surface area contributed by atoms with Crippen molar-refractivity contribution in [2.45, 2.75) is 10.1 Å². The molecule has 3 aromatic rings. The predicted molar refractivity (Wildman–Crippen MR) is 62.6 cm³/mol. The highest BCUT2D eigenvalue weighted by molar-refractivity contribution is 7.99. The first-order chi connectivity index (χ1) is 8.88. The maximum absolute atomic E-state index is 8.95. The number of rotatable bonds is 2. The first-order valence-corrected chi connectivity index (χ1v) is 5.73. The van der Waals surface area contributed by atoms with Crippen molar-refractivity contribution in [3.63, 3.8) is 0 Å². The van der Waals surface area contributed by atoms with Crippen molar-refractivity contribution >= 4 is 22.9 Å². The van der Waals surface area contributed by atoms with E-state index < -0.39 is 0 Å². The van der Waals surface area contributed by atoms with Gasteiger partial charge >= 0.3 is 0 Å². The minimum atomic E-state index is 0.272. The van der Waals surface area contributed by atoms with Gasteiger partial charge < -0.3 is 4.98 Å². The summed E-state index contributed by atoms with van der Waals surface area (Å²) in [6.07, 6.45) is 5.99. The molecule has 18 heavy (non-hydrogen) atoms. The van der Waals surface area contributed by atoms with Crippen LogP contribution in [0.4, 0.5) is 0 Å². The van der Waals surface area contributed by atoms with Crippen molar-refractivity contribution in [1.29, 1.82) is 5.26 Å².